The van der Waals surface area contributed by atoms with E-state index in [2.05, 4.69) is 20.7 Å². The van der Waals surface area contributed by atoms with Gasteiger partial charge in [0.2, 0.25) is 0 Å². The highest BCUT2D eigenvalue weighted by Gasteiger charge is 2.21. The maximum atomic E-state index is 12.0. The summed E-state index contributed by atoms with van der Waals surface area (Å²) in [5.74, 6) is 0.587. The Morgan fingerprint density at radius 2 is 2.18 bits per heavy atom. The number of rotatable bonds is 4. The third-order valence-electron chi connectivity index (χ3n) is 2.12. The van der Waals surface area contributed by atoms with Gasteiger partial charge < -0.3 is 4.42 Å². The van der Waals surface area contributed by atoms with E-state index in [1.54, 1.807) is 31.2 Å². The zero-order valence-corrected chi connectivity index (χ0v) is 12.1. The predicted molar refractivity (Wildman–Crippen MR) is 69.5 cm³/mol. The number of halogens is 1. The first-order valence-corrected chi connectivity index (χ1v) is 7.89. The first-order valence-electron chi connectivity index (χ1n) is 4.80. The minimum atomic E-state index is -3.49. The Morgan fingerprint density at radius 3 is 2.71 bits per heavy atom. The normalized spacial score (nSPS) is 13.8. The minimum absolute atomic E-state index is 0.280. The van der Waals surface area contributed by atoms with Crippen molar-refractivity contribution in [1.29, 1.82) is 0 Å². The van der Waals surface area contributed by atoms with Crippen molar-refractivity contribution < 1.29 is 12.8 Å². The van der Waals surface area contributed by atoms with Crippen molar-refractivity contribution in [2.24, 2.45) is 0 Å². The quantitative estimate of drug-likeness (QED) is 0.933. The zero-order valence-electron chi connectivity index (χ0n) is 8.88. The number of hydrogen-bond acceptors (Lipinski definition) is 4. The summed E-state index contributed by atoms with van der Waals surface area (Å²) in [7, 11) is -3.49. The molecule has 0 saturated carbocycles. The third kappa shape index (κ3) is 2.98. The largest absolute Gasteiger partial charge is 0.468 e. The Kier molecular flexibility index (Phi) is 3.72. The van der Waals surface area contributed by atoms with Gasteiger partial charge in [0.05, 0.1) is 16.1 Å². The van der Waals surface area contributed by atoms with E-state index in [9.17, 15) is 8.42 Å². The Labute approximate surface area is 112 Å². The van der Waals surface area contributed by atoms with Crippen LogP contribution >= 0.6 is 27.3 Å². The lowest BCUT2D eigenvalue weighted by Gasteiger charge is -2.10. The van der Waals surface area contributed by atoms with E-state index in [1.165, 1.54) is 17.6 Å². The molecule has 0 aliphatic heterocycles. The monoisotopic (exact) mass is 335 g/mol. The van der Waals surface area contributed by atoms with Gasteiger partial charge in [-0.05, 0) is 47.1 Å². The maximum Gasteiger partial charge on any atom is 0.250 e. The lowest BCUT2D eigenvalue weighted by atomic mass is 10.3. The van der Waals surface area contributed by atoms with Crippen LogP contribution in [0.25, 0.3) is 0 Å². The van der Waals surface area contributed by atoms with Gasteiger partial charge in [0, 0.05) is 0 Å². The molecule has 0 aliphatic carbocycles. The number of thiophene rings is 1. The lowest BCUT2D eigenvalue weighted by molar-refractivity contribution is 0.459. The Hall–Kier alpha value is -0.630. The second kappa shape index (κ2) is 4.93. The average Bonchev–Trinajstić information content (AvgIpc) is 2.86. The van der Waals surface area contributed by atoms with Crippen molar-refractivity contribution >= 4 is 37.3 Å². The Balaban J connectivity index is 2.18. The molecule has 0 amide bonds. The van der Waals surface area contributed by atoms with Gasteiger partial charge in [-0.2, -0.15) is 0 Å². The van der Waals surface area contributed by atoms with E-state index in [0.29, 0.717) is 5.76 Å². The molecule has 0 radical (unpaired) electrons. The maximum absolute atomic E-state index is 12.0. The molecule has 0 aromatic carbocycles. The second-order valence-electron chi connectivity index (χ2n) is 3.42. The molecule has 2 aromatic heterocycles. The van der Waals surface area contributed by atoms with Gasteiger partial charge in [0.15, 0.2) is 0 Å². The molecular weight excluding hydrogens is 326 g/mol. The van der Waals surface area contributed by atoms with Crippen LogP contribution in [0.3, 0.4) is 0 Å². The first kappa shape index (κ1) is 12.8. The fourth-order valence-corrected chi connectivity index (χ4v) is 4.57. The number of furan rings is 1. The molecule has 0 fully saturated rings. The van der Waals surface area contributed by atoms with E-state index in [4.69, 9.17) is 4.42 Å². The molecule has 1 N–H and O–H groups in total. The van der Waals surface area contributed by atoms with E-state index in [0.717, 1.165) is 3.79 Å². The van der Waals surface area contributed by atoms with Crippen LogP contribution in [-0.2, 0) is 10.0 Å². The van der Waals surface area contributed by atoms with Crippen molar-refractivity contribution in [3.05, 3.63) is 40.1 Å². The number of nitrogens with one attached hydrogen (secondary N) is 1. The summed E-state index contributed by atoms with van der Waals surface area (Å²) in [6.45, 7) is 1.74. The molecule has 2 heterocycles. The van der Waals surface area contributed by atoms with Crippen molar-refractivity contribution in [1.82, 2.24) is 4.72 Å². The molecule has 0 unspecified atom stereocenters. The molecule has 92 valence electrons. The summed E-state index contributed by atoms with van der Waals surface area (Å²) < 4.78 is 32.7. The average molecular weight is 336 g/mol. The standard InChI is InChI=1S/C10H10BrNO3S2/c1-7(8-3-2-6-15-8)12-17(13,14)10-5-4-9(11)16-10/h2-7,12H,1H3/t7-/m0/s1. The summed E-state index contributed by atoms with van der Waals surface area (Å²) in [5.41, 5.74) is 0. The summed E-state index contributed by atoms with van der Waals surface area (Å²) in [6, 6.07) is 6.33. The minimum Gasteiger partial charge on any atom is -0.468 e. The lowest BCUT2D eigenvalue weighted by Crippen LogP contribution is -2.25. The molecule has 0 saturated heterocycles. The Bertz CT molecular complexity index is 589. The van der Waals surface area contributed by atoms with Gasteiger partial charge in [0.1, 0.15) is 9.97 Å². The molecule has 0 bridgehead atoms. The van der Waals surface area contributed by atoms with Gasteiger partial charge in [-0.1, -0.05) is 0 Å². The van der Waals surface area contributed by atoms with Crippen molar-refractivity contribution in [2.45, 2.75) is 17.2 Å². The molecule has 2 rings (SSSR count). The molecule has 0 aliphatic rings. The van der Waals surface area contributed by atoms with Gasteiger partial charge in [-0.3, -0.25) is 0 Å². The summed E-state index contributed by atoms with van der Waals surface area (Å²) >= 11 is 4.41. The highest BCUT2D eigenvalue weighted by molar-refractivity contribution is 9.11. The molecular formula is C10H10BrNO3S2. The van der Waals surface area contributed by atoms with Gasteiger partial charge in [-0.25, -0.2) is 13.1 Å². The third-order valence-corrected chi connectivity index (χ3v) is 5.77. The molecule has 7 heteroatoms. The smallest absolute Gasteiger partial charge is 0.250 e. The van der Waals surface area contributed by atoms with Crippen LogP contribution in [0.15, 0.2) is 42.9 Å². The molecule has 1 atom stereocenters. The summed E-state index contributed by atoms with van der Waals surface area (Å²) in [5, 5.41) is 0. The van der Waals surface area contributed by atoms with E-state index >= 15 is 0 Å². The van der Waals surface area contributed by atoms with Gasteiger partial charge in [-0.15, -0.1) is 11.3 Å². The van der Waals surface area contributed by atoms with Crippen LogP contribution in [0.1, 0.15) is 18.7 Å². The van der Waals surface area contributed by atoms with Gasteiger partial charge in [0.25, 0.3) is 10.0 Å². The van der Waals surface area contributed by atoms with E-state index in [-0.39, 0.29) is 4.21 Å². The van der Waals surface area contributed by atoms with Gasteiger partial charge >= 0.3 is 0 Å². The van der Waals surface area contributed by atoms with Crippen molar-refractivity contribution in [3.63, 3.8) is 0 Å². The number of hydrogen-bond donors (Lipinski definition) is 1. The van der Waals surface area contributed by atoms with Crippen molar-refractivity contribution in [2.75, 3.05) is 0 Å². The SMILES string of the molecule is C[C@H](NS(=O)(=O)c1ccc(Br)s1)c1ccco1. The number of sulfonamides is 1. The Morgan fingerprint density at radius 1 is 1.41 bits per heavy atom. The van der Waals surface area contributed by atoms with Crippen LogP contribution in [0.2, 0.25) is 0 Å². The molecule has 2 aromatic rings. The van der Waals surface area contributed by atoms with Crippen LogP contribution < -0.4 is 4.72 Å². The van der Waals surface area contributed by atoms with Crippen LogP contribution in [0, 0.1) is 0 Å². The zero-order chi connectivity index (χ0) is 12.5. The second-order valence-corrected chi connectivity index (χ2v) is 7.82. The molecule has 17 heavy (non-hydrogen) atoms. The fourth-order valence-electron chi connectivity index (χ4n) is 1.33. The predicted octanol–water partition coefficient (Wildman–Crippen LogP) is 3.14. The van der Waals surface area contributed by atoms with E-state index < -0.39 is 16.1 Å². The highest BCUT2D eigenvalue weighted by Crippen LogP contribution is 2.27. The highest BCUT2D eigenvalue weighted by atomic mass is 79.9. The van der Waals surface area contributed by atoms with Crippen LogP contribution in [-0.4, -0.2) is 8.42 Å². The molecule has 0 spiro atoms. The fraction of sp³-hybridized carbons (Fsp3) is 0.200. The topological polar surface area (TPSA) is 59.3 Å². The molecule has 4 nitrogen and oxygen atoms in total. The summed E-state index contributed by atoms with van der Waals surface area (Å²) in [6.07, 6.45) is 1.52. The first-order chi connectivity index (χ1) is 7.99. The summed E-state index contributed by atoms with van der Waals surface area (Å²) in [4.78, 5) is 0. The van der Waals surface area contributed by atoms with Crippen LogP contribution in [0.5, 0.6) is 0 Å². The van der Waals surface area contributed by atoms with Crippen LogP contribution in [0.4, 0.5) is 0 Å². The van der Waals surface area contributed by atoms with Crippen molar-refractivity contribution in [3.8, 4) is 0 Å². The van der Waals surface area contributed by atoms with E-state index in [1.807, 2.05) is 0 Å².